The van der Waals surface area contributed by atoms with Crippen LogP contribution in [0, 0.1) is 26.7 Å². The Hall–Kier alpha value is -3.85. The highest BCUT2D eigenvalue weighted by atomic mass is 32.2. The monoisotopic (exact) mass is 593 g/mol. The lowest BCUT2D eigenvalue weighted by Gasteiger charge is -2.33. The van der Waals surface area contributed by atoms with Crippen LogP contribution < -0.4 is 14.4 Å². The third kappa shape index (κ3) is 8.12. The zero-order valence-electron chi connectivity index (χ0n) is 25.7. The second-order valence-electron chi connectivity index (χ2n) is 11.1. The molecule has 0 aliphatic carbocycles. The van der Waals surface area contributed by atoms with Crippen molar-refractivity contribution in [2.45, 2.75) is 65.4 Å². The molecule has 1 N–H and O–H groups in total. The quantitative estimate of drug-likeness (QED) is 0.287. The molecule has 0 unspecified atom stereocenters. The van der Waals surface area contributed by atoms with Gasteiger partial charge in [0.15, 0.2) is 0 Å². The van der Waals surface area contributed by atoms with Crippen LogP contribution in [-0.4, -0.2) is 51.4 Å². The number of nitrogens with one attached hydrogen (secondary N) is 1. The van der Waals surface area contributed by atoms with E-state index in [9.17, 15) is 18.0 Å². The number of rotatable bonds is 13. The third-order valence-electron chi connectivity index (χ3n) is 7.03. The van der Waals surface area contributed by atoms with E-state index in [1.54, 1.807) is 24.3 Å². The molecular formula is C33H43N3O5S. The fraction of sp³-hybridized carbons (Fsp3) is 0.394. The van der Waals surface area contributed by atoms with E-state index in [1.165, 1.54) is 24.1 Å². The summed E-state index contributed by atoms with van der Waals surface area (Å²) in [6, 6.07) is 18.6. The van der Waals surface area contributed by atoms with Gasteiger partial charge in [0, 0.05) is 13.1 Å². The Kier molecular flexibility index (Phi) is 11.2. The van der Waals surface area contributed by atoms with Gasteiger partial charge >= 0.3 is 0 Å². The summed E-state index contributed by atoms with van der Waals surface area (Å²) in [5.74, 6) is -0.221. The first-order chi connectivity index (χ1) is 19.9. The van der Waals surface area contributed by atoms with Crippen LogP contribution in [0.5, 0.6) is 5.75 Å². The van der Waals surface area contributed by atoms with Gasteiger partial charge in [0.05, 0.1) is 17.7 Å². The maximum absolute atomic E-state index is 14.3. The number of nitrogens with zero attached hydrogens (tertiary/aromatic N) is 2. The summed E-state index contributed by atoms with van der Waals surface area (Å²) < 4.78 is 34.9. The van der Waals surface area contributed by atoms with Crippen LogP contribution in [0.2, 0.25) is 0 Å². The van der Waals surface area contributed by atoms with Gasteiger partial charge in [-0.15, -0.1) is 0 Å². The van der Waals surface area contributed by atoms with Crippen molar-refractivity contribution in [1.29, 1.82) is 0 Å². The molecule has 0 aromatic heterocycles. The van der Waals surface area contributed by atoms with E-state index in [0.29, 0.717) is 18.7 Å². The van der Waals surface area contributed by atoms with Crippen LogP contribution in [0.25, 0.3) is 0 Å². The minimum atomic E-state index is -4.20. The van der Waals surface area contributed by atoms with Crippen molar-refractivity contribution in [1.82, 2.24) is 10.2 Å². The lowest BCUT2D eigenvalue weighted by atomic mass is 10.1. The summed E-state index contributed by atoms with van der Waals surface area (Å²) in [7, 11) is -2.74. The number of amides is 2. The Balaban J connectivity index is 2.11. The summed E-state index contributed by atoms with van der Waals surface area (Å²) in [5, 5.41) is 2.95. The molecule has 226 valence electrons. The first-order valence-electron chi connectivity index (χ1n) is 14.2. The summed E-state index contributed by atoms with van der Waals surface area (Å²) in [6.07, 6.45) is 0.361. The Morgan fingerprint density at radius 2 is 1.45 bits per heavy atom. The zero-order valence-corrected chi connectivity index (χ0v) is 26.5. The Bertz CT molecular complexity index is 1470. The van der Waals surface area contributed by atoms with E-state index in [0.717, 1.165) is 26.6 Å². The molecule has 3 rings (SSSR count). The molecule has 0 heterocycles. The van der Waals surface area contributed by atoms with Crippen molar-refractivity contribution in [2.75, 3.05) is 24.5 Å². The maximum atomic E-state index is 14.3. The number of aryl methyl sites for hydroxylation is 3. The number of carbonyl (C=O) groups excluding carboxylic acids is 2. The molecule has 0 spiro atoms. The molecule has 42 heavy (non-hydrogen) atoms. The molecule has 3 aromatic rings. The SMILES string of the molecule is CC[C@H](C(=O)NCC(C)C)N(Cc1ccc(C)cc1)C(=O)CN(c1cc(C)ccc1OC)S(=O)(=O)c1ccc(C)cc1. The predicted octanol–water partition coefficient (Wildman–Crippen LogP) is 5.40. The number of sulfonamides is 1. The largest absolute Gasteiger partial charge is 0.495 e. The predicted molar refractivity (Wildman–Crippen MR) is 167 cm³/mol. The molecule has 0 fully saturated rings. The number of ether oxygens (including phenoxy) is 1. The van der Waals surface area contributed by atoms with Crippen LogP contribution in [0.15, 0.2) is 71.6 Å². The summed E-state index contributed by atoms with van der Waals surface area (Å²) >= 11 is 0. The molecule has 0 aliphatic rings. The van der Waals surface area contributed by atoms with Crippen molar-refractivity contribution >= 4 is 27.5 Å². The van der Waals surface area contributed by atoms with Crippen molar-refractivity contribution in [2.24, 2.45) is 5.92 Å². The summed E-state index contributed by atoms with van der Waals surface area (Å²) in [4.78, 5) is 29.2. The topological polar surface area (TPSA) is 96.0 Å². The lowest BCUT2D eigenvalue weighted by Crippen LogP contribution is -2.52. The van der Waals surface area contributed by atoms with Gasteiger partial charge in [0.2, 0.25) is 11.8 Å². The average Bonchev–Trinajstić information content (AvgIpc) is 2.95. The van der Waals surface area contributed by atoms with Crippen molar-refractivity contribution in [3.05, 3.63) is 89.0 Å². The van der Waals surface area contributed by atoms with E-state index in [1.807, 2.05) is 71.9 Å². The van der Waals surface area contributed by atoms with Crippen molar-refractivity contribution in [3.63, 3.8) is 0 Å². The number of anilines is 1. The van der Waals surface area contributed by atoms with Crippen molar-refractivity contribution < 1.29 is 22.7 Å². The number of hydrogen-bond acceptors (Lipinski definition) is 5. The minimum absolute atomic E-state index is 0.0521. The second kappa shape index (κ2) is 14.4. The minimum Gasteiger partial charge on any atom is -0.495 e. The summed E-state index contributed by atoms with van der Waals surface area (Å²) in [5.41, 5.74) is 3.87. The van der Waals surface area contributed by atoms with Crippen LogP contribution in [0.3, 0.4) is 0 Å². The Labute approximate surface area is 250 Å². The number of hydrogen-bond donors (Lipinski definition) is 1. The van der Waals surface area contributed by atoms with Gasteiger partial charge in [0.25, 0.3) is 10.0 Å². The number of methoxy groups -OCH3 is 1. The lowest BCUT2D eigenvalue weighted by molar-refractivity contribution is -0.140. The van der Waals surface area contributed by atoms with E-state index in [-0.39, 0.29) is 29.0 Å². The average molecular weight is 594 g/mol. The molecule has 0 bridgehead atoms. The van der Waals surface area contributed by atoms with E-state index in [2.05, 4.69) is 5.32 Å². The van der Waals surface area contributed by atoms with Gasteiger partial charge in [0.1, 0.15) is 18.3 Å². The highest BCUT2D eigenvalue weighted by Crippen LogP contribution is 2.34. The molecule has 0 aliphatic heterocycles. The van der Waals surface area contributed by atoms with Crippen LogP contribution in [0.4, 0.5) is 5.69 Å². The van der Waals surface area contributed by atoms with Gasteiger partial charge in [-0.05, 0) is 68.5 Å². The maximum Gasteiger partial charge on any atom is 0.264 e. The fourth-order valence-electron chi connectivity index (χ4n) is 4.58. The molecule has 0 saturated carbocycles. The van der Waals surface area contributed by atoms with E-state index in [4.69, 9.17) is 4.74 Å². The first-order valence-corrected chi connectivity index (χ1v) is 15.7. The normalized spacial score (nSPS) is 12.1. The molecule has 0 radical (unpaired) electrons. The smallest absolute Gasteiger partial charge is 0.264 e. The van der Waals surface area contributed by atoms with Gasteiger partial charge in [-0.1, -0.05) is 74.4 Å². The summed E-state index contributed by atoms with van der Waals surface area (Å²) in [6.45, 7) is 11.6. The molecular weight excluding hydrogens is 550 g/mol. The molecule has 9 heteroatoms. The third-order valence-corrected chi connectivity index (χ3v) is 8.81. The standard InChI is InChI=1S/C33H43N3O5S/c1-8-29(33(38)34-20-23(2)3)35(21-27-14-9-24(4)10-15-27)32(37)22-36(30-19-26(6)13-18-31(30)41-7)42(39,40)28-16-11-25(5)12-17-28/h9-19,23,29H,8,20-22H2,1-7H3,(H,34,38)/t29-/m1/s1. The molecule has 1 atom stereocenters. The van der Waals surface area contributed by atoms with E-state index >= 15 is 0 Å². The fourth-order valence-corrected chi connectivity index (χ4v) is 5.99. The first kappa shape index (κ1) is 32.7. The van der Waals surface area contributed by atoms with Crippen LogP contribution >= 0.6 is 0 Å². The number of benzene rings is 3. The van der Waals surface area contributed by atoms with E-state index < -0.39 is 28.5 Å². The molecule has 0 saturated heterocycles. The molecule has 8 nitrogen and oxygen atoms in total. The molecule has 3 aromatic carbocycles. The second-order valence-corrected chi connectivity index (χ2v) is 12.9. The Morgan fingerprint density at radius 1 is 0.881 bits per heavy atom. The van der Waals surface area contributed by atoms with Gasteiger partial charge in [-0.2, -0.15) is 0 Å². The highest BCUT2D eigenvalue weighted by Gasteiger charge is 2.34. The zero-order chi connectivity index (χ0) is 31.0. The molecule has 2 amide bonds. The van der Waals surface area contributed by atoms with Gasteiger partial charge < -0.3 is 15.0 Å². The van der Waals surface area contributed by atoms with Crippen LogP contribution in [-0.2, 0) is 26.2 Å². The van der Waals surface area contributed by atoms with Crippen molar-refractivity contribution in [3.8, 4) is 5.75 Å². The van der Waals surface area contributed by atoms with Gasteiger partial charge in [-0.3, -0.25) is 13.9 Å². The highest BCUT2D eigenvalue weighted by molar-refractivity contribution is 7.92. The van der Waals surface area contributed by atoms with Gasteiger partial charge in [-0.25, -0.2) is 8.42 Å². The number of carbonyl (C=O) groups is 2. The van der Waals surface area contributed by atoms with Crippen LogP contribution in [0.1, 0.15) is 49.4 Å². The Morgan fingerprint density at radius 3 is 2.00 bits per heavy atom.